The molecule has 0 saturated heterocycles. The molecule has 32 heavy (non-hydrogen) atoms. The fourth-order valence-electron chi connectivity index (χ4n) is 3.97. The van der Waals surface area contributed by atoms with Gasteiger partial charge >= 0.3 is 0 Å². The van der Waals surface area contributed by atoms with Gasteiger partial charge in [0.25, 0.3) is 0 Å². The number of ether oxygens (including phenoxy) is 1. The molecule has 0 spiro atoms. The largest absolute Gasteiger partial charge is 0.471 e. The molecule has 2 aromatic carbocycles. The number of aryl methyl sites for hydroxylation is 4. The van der Waals surface area contributed by atoms with Crippen LogP contribution in [0, 0.1) is 20.8 Å². The Morgan fingerprint density at radius 3 is 2.44 bits per heavy atom. The number of hydrogen-bond acceptors (Lipinski definition) is 5. The standard InChI is InChI=1S/C26H24N4O2/c1-16-10-8-9-13-20(16)26-27-22(18(3)32-26)15-31-23-14-21(19-11-6-5-7-12-19)24-17(2)29-30(4)25(24)28-23/h5-14H,15H2,1-4H3. The molecule has 0 amide bonds. The van der Waals surface area contributed by atoms with Gasteiger partial charge in [0, 0.05) is 18.7 Å². The second-order valence-corrected chi connectivity index (χ2v) is 7.91. The van der Waals surface area contributed by atoms with Crippen LogP contribution in [0.2, 0.25) is 0 Å². The molecule has 5 rings (SSSR count). The average molecular weight is 425 g/mol. The van der Waals surface area contributed by atoms with Crippen molar-refractivity contribution < 1.29 is 9.15 Å². The molecular formula is C26H24N4O2. The van der Waals surface area contributed by atoms with Gasteiger partial charge in [0.2, 0.25) is 11.8 Å². The Balaban J connectivity index is 1.49. The molecule has 3 aromatic heterocycles. The molecule has 6 nitrogen and oxygen atoms in total. The Labute approximate surface area is 186 Å². The summed E-state index contributed by atoms with van der Waals surface area (Å²) in [6.07, 6.45) is 0. The number of fused-ring (bicyclic) bond motifs is 1. The van der Waals surface area contributed by atoms with Crippen molar-refractivity contribution in [2.24, 2.45) is 7.05 Å². The van der Waals surface area contributed by atoms with Crippen LogP contribution in [0.15, 0.2) is 65.1 Å². The van der Waals surface area contributed by atoms with E-state index in [0.717, 1.165) is 50.4 Å². The number of hydrogen-bond donors (Lipinski definition) is 0. The van der Waals surface area contributed by atoms with E-state index in [9.17, 15) is 0 Å². The summed E-state index contributed by atoms with van der Waals surface area (Å²) < 4.78 is 13.8. The van der Waals surface area contributed by atoms with Crippen molar-refractivity contribution in [1.82, 2.24) is 19.7 Å². The molecule has 6 heteroatoms. The van der Waals surface area contributed by atoms with Crippen LogP contribution in [-0.4, -0.2) is 19.7 Å². The molecule has 0 aliphatic heterocycles. The number of nitrogens with zero attached hydrogens (tertiary/aromatic N) is 4. The fourth-order valence-corrected chi connectivity index (χ4v) is 3.97. The predicted octanol–water partition coefficient (Wildman–Crippen LogP) is 5.79. The highest BCUT2D eigenvalue weighted by Gasteiger charge is 2.17. The van der Waals surface area contributed by atoms with E-state index in [-0.39, 0.29) is 6.61 Å². The topological polar surface area (TPSA) is 66.0 Å². The molecule has 0 fully saturated rings. The van der Waals surface area contributed by atoms with Gasteiger partial charge in [-0.05, 0) is 43.5 Å². The van der Waals surface area contributed by atoms with E-state index in [4.69, 9.17) is 14.1 Å². The first-order chi connectivity index (χ1) is 15.5. The molecule has 3 heterocycles. The highest BCUT2D eigenvalue weighted by atomic mass is 16.5. The predicted molar refractivity (Wildman–Crippen MR) is 124 cm³/mol. The quantitative estimate of drug-likeness (QED) is 0.357. The van der Waals surface area contributed by atoms with Gasteiger partial charge in [0.05, 0.1) is 11.1 Å². The third-order valence-electron chi connectivity index (χ3n) is 5.65. The summed E-state index contributed by atoms with van der Waals surface area (Å²) in [5, 5.41) is 5.60. The van der Waals surface area contributed by atoms with E-state index in [1.54, 1.807) is 4.68 Å². The Hall–Kier alpha value is -3.93. The molecule has 0 atom stereocenters. The molecular weight excluding hydrogens is 400 g/mol. The van der Waals surface area contributed by atoms with Crippen LogP contribution in [0.5, 0.6) is 5.88 Å². The van der Waals surface area contributed by atoms with Gasteiger partial charge in [-0.15, -0.1) is 0 Å². The van der Waals surface area contributed by atoms with Gasteiger partial charge in [-0.1, -0.05) is 48.5 Å². The molecule has 0 bridgehead atoms. The summed E-state index contributed by atoms with van der Waals surface area (Å²) in [5.41, 5.74) is 6.74. The second kappa shape index (κ2) is 7.96. The molecule has 0 unspecified atom stereocenters. The molecule has 0 radical (unpaired) electrons. The van der Waals surface area contributed by atoms with Crippen molar-refractivity contribution in [1.29, 1.82) is 0 Å². The summed E-state index contributed by atoms with van der Waals surface area (Å²) in [5.74, 6) is 1.87. The number of aromatic nitrogens is 4. The van der Waals surface area contributed by atoms with E-state index in [1.807, 2.05) is 76.3 Å². The van der Waals surface area contributed by atoms with Gasteiger partial charge in [0.1, 0.15) is 18.1 Å². The zero-order chi connectivity index (χ0) is 22.2. The molecule has 0 saturated carbocycles. The Kier molecular flexibility index (Phi) is 4.98. The van der Waals surface area contributed by atoms with Crippen molar-refractivity contribution >= 4 is 11.0 Å². The van der Waals surface area contributed by atoms with Gasteiger partial charge in [-0.2, -0.15) is 10.1 Å². The minimum atomic E-state index is 0.269. The van der Waals surface area contributed by atoms with Crippen LogP contribution < -0.4 is 4.74 Å². The smallest absolute Gasteiger partial charge is 0.226 e. The second-order valence-electron chi connectivity index (χ2n) is 7.91. The maximum atomic E-state index is 6.11. The van der Waals surface area contributed by atoms with Gasteiger partial charge in [-0.3, -0.25) is 4.68 Å². The van der Waals surface area contributed by atoms with E-state index in [0.29, 0.717) is 11.8 Å². The number of benzene rings is 2. The molecule has 160 valence electrons. The highest BCUT2D eigenvalue weighted by Crippen LogP contribution is 2.33. The monoisotopic (exact) mass is 424 g/mol. The van der Waals surface area contributed by atoms with Gasteiger partial charge in [0.15, 0.2) is 5.65 Å². The van der Waals surface area contributed by atoms with Crippen molar-refractivity contribution in [3.05, 3.63) is 83.4 Å². The van der Waals surface area contributed by atoms with E-state index < -0.39 is 0 Å². The van der Waals surface area contributed by atoms with Gasteiger partial charge < -0.3 is 9.15 Å². The van der Waals surface area contributed by atoms with Gasteiger partial charge in [-0.25, -0.2) is 4.98 Å². The lowest BCUT2D eigenvalue weighted by molar-refractivity contribution is 0.288. The SMILES string of the molecule is Cc1ccccc1-c1nc(COc2cc(-c3ccccc3)c3c(C)nn(C)c3n2)c(C)o1. The van der Waals surface area contributed by atoms with E-state index >= 15 is 0 Å². The first kappa shape index (κ1) is 20.0. The summed E-state index contributed by atoms with van der Waals surface area (Å²) in [6.45, 7) is 6.22. The minimum absolute atomic E-state index is 0.269. The lowest BCUT2D eigenvalue weighted by Gasteiger charge is -2.09. The van der Waals surface area contributed by atoms with Crippen molar-refractivity contribution in [2.45, 2.75) is 27.4 Å². The number of pyridine rings is 1. The Bertz CT molecular complexity index is 1420. The molecule has 0 N–H and O–H groups in total. The molecule has 5 aromatic rings. The summed E-state index contributed by atoms with van der Waals surface area (Å²) in [7, 11) is 1.90. The highest BCUT2D eigenvalue weighted by molar-refractivity contribution is 5.95. The lowest BCUT2D eigenvalue weighted by Crippen LogP contribution is -2.01. The number of oxazole rings is 1. The van der Waals surface area contributed by atoms with Crippen molar-refractivity contribution in [3.63, 3.8) is 0 Å². The zero-order valence-corrected chi connectivity index (χ0v) is 18.6. The summed E-state index contributed by atoms with van der Waals surface area (Å²) >= 11 is 0. The molecule has 0 aliphatic rings. The lowest BCUT2D eigenvalue weighted by atomic mass is 10.0. The minimum Gasteiger partial charge on any atom is -0.471 e. The third-order valence-corrected chi connectivity index (χ3v) is 5.65. The Morgan fingerprint density at radius 2 is 1.66 bits per heavy atom. The molecule has 0 aliphatic carbocycles. The summed E-state index contributed by atoms with van der Waals surface area (Å²) in [6, 6.07) is 20.3. The number of rotatable bonds is 5. The normalized spacial score (nSPS) is 11.2. The van der Waals surface area contributed by atoms with Crippen LogP contribution in [0.25, 0.3) is 33.6 Å². The third kappa shape index (κ3) is 3.54. The van der Waals surface area contributed by atoms with E-state index in [1.165, 1.54) is 0 Å². The zero-order valence-electron chi connectivity index (χ0n) is 18.6. The first-order valence-corrected chi connectivity index (χ1v) is 10.6. The van der Waals surface area contributed by atoms with Crippen LogP contribution in [0.3, 0.4) is 0 Å². The fraction of sp³-hybridized carbons (Fsp3) is 0.192. The van der Waals surface area contributed by atoms with Crippen LogP contribution in [-0.2, 0) is 13.7 Å². The van der Waals surface area contributed by atoms with Crippen molar-refractivity contribution in [3.8, 4) is 28.5 Å². The first-order valence-electron chi connectivity index (χ1n) is 10.6. The van der Waals surface area contributed by atoms with Crippen LogP contribution in [0.4, 0.5) is 0 Å². The maximum Gasteiger partial charge on any atom is 0.226 e. The summed E-state index contributed by atoms with van der Waals surface area (Å²) in [4.78, 5) is 9.41. The van der Waals surface area contributed by atoms with Crippen molar-refractivity contribution in [2.75, 3.05) is 0 Å². The maximum absolute atomic E-state index is 6.11. The van der Waals surface area contributed by atoms with Crippen LogP contribution in [0.1, 0.15) is 22.7 Å². The van der Waals surface area contributed by atoms with E-state index in [2.05, 4.69) is 22.2 Å². The Morgan fingerprint density at radius 1 is 0.906 bits per heavy atom. The van der Waals surface area contributed by atoms with Crippen LogP contribution >= 0.6 is 0 Å². The average Bonchev–Trinajstić information content (AvgIpc) is 3.31.